The van der Waals surface area contributed by atoms with Gasteiger partial charge in [-0.2, -0.15) is 0 Å². The fourth-order valence-corrected chi connectivity index (χ4v) is 0.821. The van der Waals surface area contributed by atoms with Crippen LogP contribution in [0.1, 0.15) is 0 Å². The number of nitrogens with zero attached hydrogens (tertiary/aromatic N) is 5. The second-order valence-electron chi connectivity index (χ2n) is 2.08. The third-order valence-corrected chi connectivity index (χ3v) is 1.39. The van der Waals surface area contributed by atoms with Crippen LogP contribution in [-0.2, 0) is 0 Å². The first-order valence-corrected chi connectivity index (χ1v) is 3.94. The lowest BCUT2D eigenvalue weighted by Crippen LogP contribution is -2.07. The summed E-state index contributed by atoms with van der Waals surface area (Å²) in [6.07, 6.45) is 1.55. The second kappa shape index (κ2) is 5.18. The van der Waals surface area contributed by atoms with Crippen molar-refractivity contribution < 1.29 is 0 Å². The monoisotopic (exact) mass is 198 g/mol. The SMILES string of the molecule is [N-]=[N+]=NCCNc1nccc(Cl)n1. The van der Waals surface area contributed by atoms with E-state index in [9.17, 15) is 0 Å². The number of nitrogens with one attached hydrogen (secondary N) is 1. The van der Waals surface area contributed by atoms with E-state index >= 15 is 0 Å². The Balaban J connectivity index is 2.40. The van der Waals surface area contributed by atoms with Gasteiger partial charge in [-0.3, -0.25) is 0 Å². The molecule has 0 bridgehead atoms. The van der Waals surface area contributed by atoms with Crippen LogP contribution in [-0.4, -0.2) is 23.1 Å². The fraction of sp³-hybridized carbons (Fsp3) is 0.333. The van der Waals surface area contributed by atoms with Crippen LogP contribution in [0.3, 0.4) is 0 Å². The lowest BCUT2D eigenvalue weighted by molar-refractivity contribution is 0.978. The predicted molar refractivity (Wildman–Crippen MR) is 49.5 cm³/mol. The zero-order valence-electron chi connectivity index (χ0n) is 6.68. The largest absolute Gasteiger partial charge is 0.354 e. The summed E-state index contributed by atoms with van der Waals surface area (Å²) in [7, 11) is 0. The summed E-state index contributed by atoms with van der Waals surface area (Å²) in [5.74, 6) is 0.431. The zero-order chi connectivity index (χ0) is 9.52. The third kappa shape index (κ3) is 3.59. The highest BCUT2D eigenvalue weighted by Crippen LogP contribution is 2.04. The molecule has 13 heavy (non-hydrogen) atoms. The van der Waals surface area contributed by atoms with E-state index in [0.717, 1.165) is 0 Å². The summed E-state index contributed by atoms with van der Waals surface area (Å²) in [5, 5.41) is 6.56. The van der Waals surface area contributed by atoms with E-state index in [1.54, 1.807) is 12.3 Å². The van der Waals surface area contributed by atoms with Crippen LogP contribution in [0.15, 0.2) is 17.4 Å². The van der Waals surface area contributed by atoms with Gasteiger partial charge < -0.3 is 5.32 Å². The average Bonchev–Trinajstić information content (AvgIpc) is 2.13. The van der Waals surface area contributed by atoms with Crippen LogP contribution >= 0.6 is 11.6 Å². The number of rotatable bonds is 4. The molecule has 0 aliphatic heterocycles. The van der Waals surface area contributed by atoms with Crippen LogP contribution in [0.5, 0.6) is 0 Å². The quantitative estimate of drug-likeness (QED) is 0.263. The lowest BCUT2D eigenvalue weighted by atomic mass is 10.6. The minimum absolute atomic E-state index is 0.354. The number of aromatic nitrogens is 2. The molecule has 0 spiro atoms. The van der Waals surface area contributed by atoms with E-state index in [-0.39, 0.29) is 0 Å². The topological polar surface area (TPSA) is 86.6 Å². The summed E-state index contributed by atoms with van der Waals surface area (Å²) in [5.41, 5.74) is 7.99. The highest BCUT2D eigenvalue weighted by atomic mass is 35.5. The Kier molecular flexibility index (Phi) is 3.81. The number of azide groups is 1. The van der Waals surface area contributed by atoms with Gasteiger partial charge in [0, 0.05) is 24.2 Å². The molecule has 0 unspecified atom stereocenters. The molecule has 0 aliphatic rings. The highest BCUT2D eigenvalue weighted by molar-refractivity contribution is 6.29. The molecule has 0 aromatic carbocycles. The number of halogens is 1. The minimum Gasteiger partial charge on any atom is -0.354 e. The fourth-order valence-electron chi connectivity index (χ4n) is 0.684. The van der Waals surface area contributed by atoms with Gasteiger partial charge >= 0.3 is 0 Å². The molecule has 6 nitrogen and oxygen atoms in total. The molecule has 0 fully saturated rings. The van der Waals surface area contributed by atoms with Gasteiger partial charge in [0.05, 0.1) is 0 Å². The first-order chi connectivity index (χ1) is 6.33. The minimum atomic E-state index is 0.354. The summed E-state index contributed by atoms with van der Waals surface area (Å²) < 4.78 is 0. The second-order valence-corrected chi connectivity index (χ2v) is 2.47. The van der Waals surface area contributed by atoms with Crippen LogP contribution in [0.25, 0.3) is 10.4 Å². The Morgan fingerprint density at radius 1 is 1.69 bits per heavy atom. The number of anilines is 1. The summed E-state index contributed by atoms with van der Waals surface area (Å²) in [6.45, 7) is 0.844. The van der Waals surface area contributed by atoms with E-state index in [0.29, 0.717) is 24.2 Å². The first-order valence-electron chi connectivity index (χ1n) is 3.56. The van der Waals surface area contributed by atoms with Gasteiger partial charge in [0.25, 0.3) is 0 Å². The van der Waals surface area contributed by atoms with Crippen molar-refractivity contribution in [3.05, 3.63) is 27.9 Å². The van der Waals surface area contributed by atoms with E-state index in [4.69, 9.17) is 17.1 Å². The molecule has 1 N–H and O–H groups in total. The molecule has 68 valence electrons. The standard InChI is InChI=1S/C6H7ClN6/c7-5-1-2-9-6(12-5)10-3-4-11-13-8/h1-2H,3-4H2,(H,9,10,12). The maximum Gasteiger partial charge on any atom is 0.224 e. The molecule has 0 radical (unpaired) electrons. The third-order valence-electron chi connectivity index (χ3n) is 1.18. The predicted octanol–water partition coefficient (Wildman–Crippen LogP) is 1.85. The van der Waals surface area contributed by atoms with Gasteiger partial charge in [-0.05, 0) is 11.6 Å². The van der Waals surface area contributed by atoms with E-state index in [2.05, 4.69) is 25.3 Å². The molecular formula is C6H7ClN6. The van der Waals surface area contributed by atoms with E-state index in [1.165, 1.54) is 0 Å². The maximum absolute atomic E-state index is 7.99. The molecule has 0 saturated heterocycles. The molecular weight excluding hydrogens is 192 g/mol. The summed E-state index contributed by atoms with van der Waals surface area (Å²) >= 11 is 5.61. The summed E-state index contributed by atoms with van der Waals surface area (Å²) in [6, 6.07) is 1.58. The molecule has 0 atom stereocenters. The van der Waals surface area contributed by atoms with E-state index in [1.807, 2.05) is 0 Å². The maximum atomic E-state index is 7.99. The molecule has 1 rings (SSSR count). The van der Waals surface area contributed by atoms with Crippen molar-refractivity contribution in [1.29, 1.82) is 0 Å². The van der Waals surface area contributed by atoms with Crippen LogP contribution in [0.2, 0.25) is 5.15 Å². The van der Waals surface area contributed by atoms with Crippen molar-refractivity contribution in [2.45, 2.75) is 0 Å². The van der Waals surface area contributed by atoms with Crippen molar-refractivity contribution in [2.75, 3.05) is 18.4 Å². The van der Waals surface area contributed by atoms with Gasteiger partial charge in [0.1, 0.15) is 5.15 Å². The van der Waals surface area contributed by atoms with Gasteiger partial charge in [-0.25, -0.2) is 9.97 Å². The normalized spacial score (nSPS) is 9.00. The van der Waals surface area contributed by atoms with Crippen molar-refractivity contribution in [1.82, 2.24) is 9.97 Å². The Labute approximate surface area is 79.6 Å². The zero-order valence-corrected chi connectivity index (χ0v) is 7.44. The Morgan fingerprint density at radius 3 is 3.23 bits per heavy atom. The van der Waals surface area contributed by atoms with Crippen LogP contribution in [0, 0.1) is 0 Å². The van der Waals surface area contributed by atoms with Crippen molar-refractivity contribution in [3.8, 4) is 0 Å². The smallest absolute Gasteiger partial charge is 0.224 e. The van der Waals surface area contributed by atoms with Crippen LogP contribution < -0.4 is 5.32 Å². The van der Waals surface area contributed by atoms with E-state index < -0.39 is 0 Å². The van der Waals surface area contributed by atoms with Gasteiger partial charge in [-0.1, -0.05) is 16.7 Å². The van der Waals surface area contributed by atoms with Crippen molar-refractivity contribution in [2.24, 2.45) is 5.11 Å². The molecule has 1 aromatic heterocycles. The molecule has 7 heteroatoms. The Morgan fingerprint density at radius 2 is 2.54 bits per heavy atom. The van der Waals surface area contributed by atoms with Gasteiger partial charge in [0.15, 0.2) is 0 Å². The molecule has 0 amide bonds. The molecule has 1 aromatic rings. The molecule has 0 saturated carbocycles. The average molecular weight is 199 g/mol. The van der Waals surface area contributed by atoms with Gasteiger partial charge in [-0.15, -0.1) is 0 Å². The Bertz CT molecular complexity index is 321. The van der Waals surface area contributed by atoms with Crippen LogP contribution in [0.4, 0.5) is 5.95 Å². The summed E-state index contributed by atoms with van der Waals surface area (Å²) in [4.78, 5) is 10.4. The van der Waals surface area contributed by atoms with Crippen molar-refractivity contribution >= 4 is 17.5 Å². The number of hydrogen-bond donors (Lipinski definition) is 1. The van der Waals surface area contributed by atoms with Crippen molar-refractivity contribution in [3.63, 3.8) is 0 Å². The number of hydrogen-bond acceptors (Lipinski definition) is 4. The lowest BCUT2D eigenvalue weighted by Gasteiger charge is -2.00. The molecule has 1 heterocycles. The highest BCUT2D eigenvalue weighted by Gasteiger charge is 1.94. The Hall–Kier alpha value is -1.52. The van der Waals surface area contributed by atoms with Gasteiger partial charge in [0.2, 0.25) is 5.95 Å². The molecule has 0 aliphatic carbocycles. The first kappa shape index (κ1) is 9.57.